The summed E-state index contributed by atoms with van der Waals surface area (Å²) < 4.78 is 1.56. The SMILES string of the molecule is CC(C)CNc1c(N)c2nnnn2c2ncccc12. The fourth-order valence-electron chi connectivity index (χ4n) is 2.01. The fourth-order valence-corrected chi connectivity index (χ4v) is 2.01. The molecule has 3 N–H and O–H groups in total. The van der Waals surface area contributed by atoms with E-state index in [9.17, 15) is 0 Å². The van der Waals surface area contributed by atoms with Gasteiger partial charge >= 0.3 is 0 Å². The highest BCUT2D eigenvalue weighted by Gasteiger charge is 2.15. The van der Waals surface area contributed by atoms with Gasteiger partial charge in [-0.1, -0.05) is 13.8 Å². The predicted octanol–water partition coefficient (Wildman–Crippen LogP) is 1.32. The first-order valence-corrected chi connectivity index (χ1v) is 6.16. The van der Waals surface area contributed by atoms with Crippen molar-refractivity contribution in [2.75, 3.05) is 17.6 Å². The average molecular weight is 257 g/mol. The van der Waals surface area contributed by atoms with Crippen molar-refractivity contribution in [1.29, 1.82) is 0 Å². The Morgan fingerprint density at radius 3 is 3.00 bits per heavy atom. The number of nitrogens with zero attached hydrogens (tertiary/aromatic N) is 5. The minimum atomic E-state index is 0.512. The Balaban J connectivity index is 2.29. The van der Waals surface area contributed by atoms with Gasteiger partial charge in [0.2, 0.25) is 5.65 Å². The molecule has 7 nitrogen and oxygen atoms in total. The van der Waals surface area contributed by atoms with Crippen LogP contribution in [0.3, 0.4) is 0 Å². The molecule has 0 aromatic carbocycles. The quantitative estimate of drug-likeness (QED) is 0.735. The van der Waals surface area contributed by atoms with Crippen LogP contribution in [-0.2, 0) is 0 Å². The molecule has 0 atom stereocenters. The Kier molecular flexibility index (Phi) is 2.66. The van der Waals surface area contributed by atoms with Crippen molar-refractivity contribution in [2.24, 2.45) is 5.92 Å². The summed E-state index contributed by atoms with van der Waals surface area (Å²) >= 11 is 0. The maximum Gasteiger partial charge on any atom is 0.206 e. The summed E-state index contributed by atoms with van der Waals surface area (Å²) in [6.45, 7) is 5.10. The zero-order chi connectivity index (χ0) is 13.4. The van der Waals surface area contributed by atoms with E-state index in [1.807, 2.05) is 12.1 Å². The minimum absolute atomic E-state index is 0.512. The Morgan fingerprint density at radius 1 is 1.37 bits per heavy atom. The molecule has 0 aliphatic heterocycles. The van der Waals surface area contributed by atoms with E-state index in [-0.39, 0.29) is 0 Å². The van der Waals surface area contributed by atoms with Crippen molar-refractivity contribution >= 4 is 28.1 Å². The highest BCUT2D eigenvalue weighted by molar-refractivity contribution is 6.00. The number of hydrogen-bond donors (Lipinski definition) is 2. The molecule has 0 fully saturated rings. The molecular weight excluding hydrogens is 242 g/mol. The normalized spacial score (nSPS) is 11.5. The number of hydrogen-bond acceptors (Lipinski definition) is 6. The standard InChI is InChI=1S/C12H15N7/c1-7(2)6-15-10-8-4-3-5-14-11(8)19-12(9(10)13)16-17-18-19/h3-5,7,15H,6,13H2,1-2H3. The lowest BCUT2D eigenvalue weighted by atomic mass is 10.2. The second kappa shape index (κ2) is 4.34. The van der Waals surface area contributed by atoms with Crippen LogP contribution in [0.2, 0.25) is 0 Å². The molecule has 0 saturated heterocycles. The van der Waals surface area contributed by atoms with Crippen molar-refractivity contribution in [3.8, 4) is 0 Å². The van der Waals surface area contributed by atoms with Crippen molar-refractivity contribution in [1.82, 2.24) is 25.0 Å². The van der Waals surface area contributed by atoms with Gasteiger partial charge in [-0.25, -0.2) is 4.98 Å². The monoisotopic (exact) mass is 257 g/mol. The molecule has 3 aromatic heterocycles. The third-order valence-corrected chi connectivity index (χ3v) is 2.92. The van der Waals surface area contributed by atoms with E-state index >= 15 is 0 Å². The van der Waals surface area contributed by atoms with Gasteiger partial charge < -0.3 is 11.1 Å². The van der Waals surface area contributed by atoms with Crippen LogP contribution in [0.15, 0.2) is 18.3 Å². The molecule has 0 bridgehead atoms. The first-order chi connectivity index (χ1) is 9.18. The smallest absolute Gasteiger partial charge is 0.206 e. The predicted molar refractivity (Wildman–Crippen MR) is 73.8 cm³/mol. The largest absolute Gasteiger partial charge is 0.394 e. The number of pyridine rings is 2. The van der Waals surface area contributed by atoms with Gasteiger partial charge in [0.15, 0.2) is 5.65 Å². The van der Waals surface area contributed by atoms with E-state index in [0.717, 1.165) is 17.6 Å². The van der Waals surface area contributed by atoms with Crippen LogP contribution in [0.5, 0.6) is 0 Å². The summed E-state index contributed by atoms with van der Waals surface area (Å²) in [6.07, 6.45) is 1.71. The van der Waals surface area contributed by atoms with Crippen LogP contribution in [-0.4, -0.2) is 31.6 Å². The highest BCUT2D eigenvalue weighted by Crippen LogP contribution is 2.30. The fraction of sp³-hybridized carbons (Fsp3) is 0.333. The van der Waals surface area contributed by atoms with Crippen LogP contribution in [0, 0.1) is 5.92 Å². The topological polar surface area (TPSA) is 94.0 Å². The number of aromatic nitrogens is 5. The lowest BCUT2D eigenvalue weighted by molar-refractivity contribution is 0.689. The molecule has 0 aliphatic carbocycles. The van der Waals surface area contributed by atoms with Crippen molar-refractivity contribution in [2.45, 2.75) is 13.8 Å². The number of nitrogens with one attached hydrogen (secondary N) is 1. The Morgan fingerprint density at radius 2 is 2.21 bits per heavy atom. The van der Waals surface area contributed by atoms with E-state index < -0.39 is 0 Å². The number of tetrazole rings is 1. The van der Waals surface area contributed by atoms with Crippen LogP contribution in [0.4, 0.5) is 11.4 Å². The number of nitrogens with two attached hydrogens (primary N) is 1. The highest BCUT2D eigenvalue weighted by atomic mass is 15.5. The van der Waals surface area contributed by atoms with Gasteiger partial charge in [0.1, 0.15) is 5.69 Å². The average Bonchev–Trinajstić information content (AvgIpc) is 2.88. The van der Waals surface area contributed by atoms with Crippen molar-refractivity contribution in [3.05, 3.63) is 18.3 Å². The van der Waals surface area contributed by atoms with Gasteiger partial charge in [-0.15, -0.1) is 5.10 Å². The van der Waals surface area contributed by atoms with Gasteiger partial charge in [-0.2, -0.15) is 4.52 Å². The lowest BCUT2D eigenvalue weighted by Crippen LogP contribution is -2.11. The molecule has 0 unspecified atom stereocenters. The summed E-state index contributed by atoms with van der Waals surface area (Å²) in [5.41, 5.74) is 8.78. The second-order valence-electron chi connectivity index (χ2n) is 4.85. The minimum Gasteiger partial charge on any atom is -0.394 e. The summed E-state index contributed by atoms with van der Waals surface area (Å²) in [5.74, 6) is 0.512. The maximum absolute atomic E-state index is 6.16. The van der Waals surface area contributed by atoms with Crippen LogP contribution in [0.1, 0.15) is 13.8 Å². The first kappa shape index (κ1) is 11.6. The molecule has 3 aromatic rings. The number of anilines is 2. The molecule has 3 heterocycles. The Hall–Kier alpha value is -2.44. The van der Waals surface area contributed by atoms with Crippen LogP contribution < -0.4 is 11.1 Å². The summed E-state index contributed by atoms with van der Waals surface area (Å²) in [4.78, 5) is 4.34. The molecule has 7 heteroatoms. The zero-order valence-electron chi connectivity index (χ0n) is 10.8. The molecule has 19 heavy (non-hydrogen) atoms. The number of rotatable bonds is 3. The third-order valence-electron chi connectivity index (χ3n) is 2.92. The van der Waals surface area contributed by atoms with Crippen molar-refractivity contribution < 1.29 is 0 Å². The summed E-state index contributed by atoms with van der Waals surface area (Å²) in [7, 11) is 0. The van der Waals surface area contributed by atoms with Crippen molar-refractivity contribution in [3.63, 3.8) is 0 Å². The summed E-state index contributed by atoms with van der Waals surface area (Å²) in [5, 5.41) is 15.8. The van der Waals surface area contributed by atoms with E-state index in [0.29, 0.717) is 22.9 Å². The molecular formula is C12H15N7. The number of fused-ring (bicyclic) bond motifs is 3. The molecule has 3 rings (SSSR count). The molecule has 0 amide bonds. The number of nitrogen functional groups attached to an aromatic ring is 1. The van der Waals surface area contributed by atoms with E-state index in [4.69, 9.17) is 5.73 Å². The van der Waals surface area contributed by atoms with Gasteiger partial charge in [0, 0.05) is 18.1 Å². The van der Waals surface area contributed by atoms with Crippen LogP contribution >= 0.6 is 0 Å². The molecule has 0 spiro atoms. The van der Waals surface area contributed by atoms with E-state index in [1.54, 1.807) is 10.7 Å². The zero-order valence-corrected chi connectivity index (χ0v) is 10.8. The van der Waals surface area contributed by atoms with E-state index in [2.05, 4.69) is 39.7 Å². The lowest BCUT2D eigenvalue weighted by Gasteiger charge is -2.14. The summed E-state index contributed by atoms with van der Waals surface area (Å²) in [6, 6.07) is 3.83. The first-order valence-electron chi connectivity index (χ1n) is 6.16. The van der Waals surface area contributed by atoms with E-state index in [1.165, 1.54) is 0 Å². The second-order valence-corrected chi connectivity index (χ2v) is 4.85. The van der Waals surface area contributed by atoms with Gasteiger partial charge in [0.05, 0.1) is 5.69 Å². The molecule has 0 saturated carbocycles. The molecule has 0 aliphatic rings. The molecule has 98 valence electrons. The van der Waals surface area contributed by atoms with Gasteiger partial charge in [0.25, 0.3) is 0 Å². The van der Waals surface area contributed by atoms with Gasteiger partial charge in [-0.3, -0.25) is 0 Å². The maximum atomic E-state index is 6.16. The Bertz CT molecular complexity index is 731. The Labute approximate surface area is 109 Å². The molecule has 0 radical (unpaired) electrons. The third kappa shape index (κ3) is 1.83. The van der Waals surface area contributed by atoms with Crippen LogP contribution in [0.25, 0.3) is 16.7 Å². The van der Waals surface area contributed by atoms with Gasteiger partial charge in [-0.05, 0) is 28.5 Å².